The number of anilines is 1. The number of sulfonamides is 1. The summed E-state index contributed by atoms with van der Waals surface area (Å²) < 4.78 is 29.0. The molecule has 1 aliphatic rings. The third kappa shape index (κ3) is 3.05. The number of morpholine rings is 1. The Morgan fingerprint density at radius 2 is 2.32 bits per heavy atom. The van der Waals surface area contributed by atoms with Gasteiger partial charge in [0.15, 0.2) is 0 Å². The predicted octanol–water partition coefficient (Wildman–Crippen LogP) is 0.734. The monoisotopic (exact) mass is 285 g/mol. The van der Waals surface area contributed by atoms with Crippen LogP contribution in [-0.2, 0) is 14.8 Å². The van der Waals surface area contributed by atoms with Crippen LogP contribution in [0.15, 0.2) is 23.2 Å². The Balaban J connectivity index is 2.37. The highest BCUT2D eigenvalue weighted by Crippen LogP contribution is 2.28. The van der Waals surface area contributed by atoms with Crippen LogP contribution in [0.5, 0.6) is 0 Å². The molecule has 0 bridgehead atoms. The number of hydrogen-bond donors (Lipinski definition) is 1. The maximum Gasteiger partial charge on any atom is 0.241 e. The SMILES string of the molecule is CCC1(C)CN(c2ncccc2S(N)(=O)=O)CCO1. The molecule has 0 aromatic carbocycles. The number of primary sulfonamides is 1. The van der Waals surface area contributed by atoms with Gasteiger partial charge in [0.25, 0.3) is 0 Å². The molecule has 1 fully saturated rings. The van der Waals surface area contributed by atoms with E-state index in [9.17, 15) is 8.42 Å². The molecule has 7 heteroatoms. The fraction of sp³-hybridized carbons (Fsp3) is 0.583. The van der Waals surface area contributed by atoms with Crippen molar-refractivity contribution < 1.29 is 13.2 Å². The number of nitrogens with two attached hydrogens (primary N) is 1. The van der Waals surface area contributed by atoms with Crippen LogP contribution < -0.4 is 10.0 Å². The van der Waals surface area contributed by atoms with Gasteiger partial charge in [-0.05, 0) is 25.5 Å². The van der Waals surface area contributed by atoms with Crippen molar-refractivity contribution in [3.63, 3.8) is 0 Å². The van der Waals surface area contributed by atoms with Crippen molar-refractivity contribution in [3.8, 4) is 0 Å². The zero-order chi connectivity index (χ0) is 14.1. The number of ether oxygens (including phenoxy) is 1. The molecule has 19 heavy (non-hydrogen) atoms. The first-order chi connectivity index (χ1) is 8.86. The van der Waals surface area contributed by atoms with Gasteiger partial charge in [-0.2, -0.15) is 0 Å². The predicted molar refractivity (Wildman–Crippen MR) is 72.5 cm³/mol. The molecule has 1 aromatic rings. The Morgan fingerprint density at radius 3 is 2.95 bits per heavy atom. The first-order valence-electron chi connectivity index (χ1n) is 6.22. The molecule has 0 amide bonds. The van der Waals surface area contributed by atoms with E-state index in [2.05, 4.69) is 4.98 Å². The standard InChI is InChI=1S/C12H19N3O3S/c1-3-12(2)9-15(7-8-18-12)11-10(19(13,16)17)5-4-6-14-11/h4-6H,3,7-9H2,1-2H3,(H2,13,16,17). The highest BCUT2D eigenvalue weighted by atomic mass is 32.2. The number of nitrogens with zero attached hydrogens (tertiary/aromatic N) is 2. The molecule has 0 aliphatic carbocycles. The van der Waals surface area contributed by atoms with Crippen molar-refractivity contribution >= 4 is 15.8 Å². The number of pyridine rings is 1. The fourth-order valence-corrected chi connectivity index (χ4v) is 2.87. The van der Waals surface area contributed by atoms with Crippen molar-refractivity contribution in [2.24, 2.45) is 5.14 Å². The average Bonchev–Trinajstić information content (AvgIpc) is 2.38. The Labute approximate surface area is 113 Å². The molecule has 0 radical (unpaired) electrons. The minimum atomic E-state index is -3.77. The maximum absolute atomic E-state index is 11.6. The molecule has 1 atom stereocenters. The summed E-state index contributed by atoms with van der Waals surface area (Å²) in [5.74, 6) is 0.410. The number of hydrogen-bond acceptors (Lipinski definition) is 5. The van der Waals surface area contributed by atoms with Crippen molar-refractivity contribution in [3.05, 3.63) is 18.3 Å². The third-order valence-corrected chi connectivity index (χ3v) is 4.37. The van der Waals surface area contributed by atoms with Crippen LogP contribution in [0.4, 0.5) is 5.82 Å². The molecule has 2 heterocycles. The van der Waals surface area contributed by atoms with Gasteiger partial charge in [0, 0.05) is 19.3 Å². The lowest BCUT2D eigenvalue weighted by Crippen LogP contribution is -2.50. The van der Waals surface area contributed by atoms with Crippen LogP contribution in [0.1, 0.15) is 20.3 Å². The molecule has 1 unspecified atom stereocenters. The lowest BCUT2D eigenvalue weighted by atomic mass is 10.0. The molecule has 0 spiro atoms. The molecule has 1 saturated heterocycles. The van der Waals surface area contributed by atoms with E-state index in [4.69, 9.17) is 9.88 Å². The molecule has 2 rings (SSSR count). The second-order valence-corrected chi connectivity index (χ2v) is 6.47. The molecule has 1 aliphatic heterocycles. The molecule has 1 aromatic heterocycles. The van der Waals surface area contributed by atoms with E-state index in [0.717, 1.165) is 6.42 Å². The molecule has 0 saturated carbocycles. The molecular formula is C12H19N3O3S. The van der Waals surface area contributed by atoms with Crippen LogP contribution in [-0.4, -0.2) is 38.7 Å². The Hall–Kier alpha value is -1.18. The smallest absolute Gasteiger partial charge is 0.241 e. The van der Waals surface area contributed by atoms with Crippen LogP contribution in [0.2, 0.25) is 0 Å². The van der Waals surface area contributed by atoms with Crippen molar-refractivity contribution in [2.75, 3.05) is 24.6 Å². The summed E-state index contributed by atoms with van der Waals surface area (Å²) in [7, 11) is -3.77. The number of rotatable bonds is 3. The van der Waals surface area contributed by atoms with Gasteiger partial charge in [0.05, 0.1) is 12.2 Å². The van der Waals surface area contributed by atoms with Crippen LogP contribution in [0, 0.1) is 0 Å². The summed E-state index contributed by atoms with van der Waals surface area (Å²) in [6.45, 7) is 5.81. The summed E-state index contributed by atoms with van der Waals surface area (Å²) in [4.78, 5) is 6.17. The molecular weight excluding hydrogens is 266 g/mol. The topological polar surface area (TPSA) is 85.5 Å². The second kappa shape index (κ2) is 5.07. The van der Waals surface area contributed by atoms with Gasteiger partial charge >= 0.3 is 0 Å². The van der Waals surface area contributed by atoms with Gasteiger partial charge in [-0.25, -0.2) is 18.5 Å². The van der Waals surface area contributed by atoms with Crippen LogP contribution in [0.3, 0.4) is 0 Å². The van der Waals surface area contributed by atoms with E-state index in [0.29, 0.717) is 25.5 Å². The van der Waals surface area contributed by atoms with E-state index in [1.165, 1.54) is 6.07 Å². The van der Waals surface area contributed by atoms with Crippen molar-refractivity contribution in [2.45, 2.75) is 30.8 Å². The van der Waals surface area contributed by atoms with Gasteiger partial charge in [0.1, 0.15) is 10.7 Å². The summed E-state index contributed by atoms with van der Waals surface area (Å²) in [5.41, 5.74) is -0.286. The van der Waals surface area contributed by atoms with Gasteiger partial charge in [-0.3, -0.25) is 0 Å². The van der Waals surface area contributed by atoms with Gasteiger partial charge in [0.2, 0.25) is 10.0 Å². The van der Waals surface area contributed by atoms with Gasteiger partial charge < -0.3 is 9.64 Å². The van der Waals surface area contributed by atoms with Crippen LogP contribution in [0.25, 0.3) is 0 Å². The lowest BCUT2D eigenvalue weighted by molar-refractivity contribution is -0.0444. The third-order valence-electron chi connectivity index (χ3n) is 3.44. The molecule has 6 nitrogen and oxygen atoms in total. The van der Waals surface area contributed by atoms with Crippen molar-refractivity contribution in [1.29, 1.82) is 0 Å². The quantitative estimate of drug-likeness (QED) is 0.885. The fourth-order valence-electron chi connectivity index (χ4n) is 2.17. The van der Waals surface area contributed by atoms with Gasteiger partial charge in [-0.15, -0.1) is 0 Å². The zero-order valence-electron chi connectivity index (χ0n) is 11.2. The largest absolute Gasteiger partial charge is 0.372 e. The highest BCUT2D eigenvalue weighted by Gasteiger charge is 2.32. The molecule has 106 valence electrons. The highest BCUT2D eigenvalue weighted by molar-refractivity contribution is 7.89. The van der Waals surface area contributed by atoms with Gasteiger partial charge in [-0.1, -0.05) is 6.92 Å². The lowest BCUT2D eigenvalue weighted by Gasteiger charge is -2.41. The normalized spacial score (nSPS) is 24.5. The van der Waals surface area contributed by atoms with E-state index < -0.39 is 10.0 Å². The average molecular weight is 285 g/mol. The summed E-state index contributed by atoms with van der Waals surface area (Å²) in [6.07, 6.45) is 2.42. The minimum absolute atomic E-state index is 0.0651. The van der Waals surface area contributed by atoms with E-state index >= 15 is 0 Å². The maximum atomic E-state index is 11.6. The first kappa shape index (κ1) is 14.2. The summed E-state index contributed by atoms with van der Waals surface area (Å²) in [6, 6.07) is 3.05. The Kier molecular flexibility index (Phi) is 3.80. The zero-order valence-corrected chi connectivity index (χ0v) is 12.0. The van der Waals surface area contributed by atoms with Crippen molar-refractivity contribution in [1.82, 2.24) is 4.98 Å². The van der Waals surface area contributed by atoms with E-state index in [-0.39, 0.29) is 10.5 Å². The minimum Gasteiger partial charge on any atom is -0.372 e. The van der Waals surface area contributed by atoms with E-state index in [1.807, 2.05) is 18.7 Å². The number of aromatic nitrogens is 1. The Morgan fingerprint density at radius 1 is 1.58 bits per heavy atom. The first-order valence-corrected chi connectivity index (χ1v) is 7.77. The van der Waals surface area contributed by atoms with E-state index in [1.54, 1.807) is 12.3 Å². The van der Waals surface area contributed by atoms with Crippen LogP contribution >= 0.6 is 0 Å². The molecule has 2 N–H and O–H groups in total. The Bertz CT molecular complexity index is 561. The summed E-state index contributed by atoms with van der Waals surface area (Å²) >= 11 is 0. The summed E-state index contributed by atoms with van der Waals surface area (Å²) in [5, 5.41) is 5.24. The second-order valence-electron chi connectivity index (χ2n) is 4.94.